The van der Waals surface area contributed by atoms with Crippen LogP contribution < -0.4 is 11.3 Å². The Morgan fingerprint density at radius 2 is 2.12 bits per heavy atom. The molecule has 0 aliphatic heterocycles. The molecule has 16 heavy (non-hydrogen) atoms. The van der Waals surface area contributed by atoms with E-state index in [9.17, 15) is 9.18 Å². The molecular formula is C12H13FN2O. The smallest absolute Gasteiger partial charge is 0.251 e. The van der Waals surface area contributed by atoms with Crippen molar-refractivity contribution in [1.29, 1.82) is 0 Å². The van der Waals surface area contributed by atoms with Crippen LogP contribution in [0.5, 0.6) is 0 Å². The summed E-state index contributed by atoms with van der Waals surface area (Å²) < 4.78 is 13.5. The molecule has 3 N–H and O–H groups in total. The number of benzene rings is 1. The second-order valence-corrected chi connectivity index (χ2v) is 3.84. The van der Waals surface area contributed by atoms with Gasteiger partial charge >= 0.3 is 0 Å². The van der Waals surface area contributed by atoms with E-state index in [1.165, 1.54) is 6.07 Å². The van der Waals surface area contributed by atoms with E-state index in [4.69, 9.17) is 5.73 Å². The van der Waals surface area contributed by atoms with Crippen molar-refractivity contribution in [1.82, 2.24) is 4.98 Å². The fourth-order valence-corrected chi connectivity index (χ4v) is 1.80. The summed E-state index contributed by atoms with van der Waals surface area (Å²) in [5.41, 5.74) is 6.58. The van der Waals surface area contributed by atoms with Crippen LogP contribution in [0.2, 0.25) is 0 Å². The van der Waals surface area contributed by atoms with Gasteiger partial charge in [0.15, 0.2) is 0 Å². The normalized spacial score (nSPS) is 10.9. The minimum absolute atomic E-state index is 0.221. The van der Waals surface area contributed by atoms with Crippen LogP contribution in [0.3, 0.4) is 0 Å². The SMILES string of the molecule is CCCc1cc2cc(N)cc(F)c2[nH]c1=O. The number of halogens is 1. The lowest BCUT2D eigenvalue weighted by Gasteiger charge is -2.04. The molecule has 0 unspecified atom stereocenters. The van der Waals surface area contributed by atoms with Gasteiger partial charge in [-0.15, -0.1) is 0 Å². The molecule has 0 fully saturated rings. The van der Waals surface area contributed by atoms with Gasteiger partial charge in [0.1, 0.15) is 5.82 Å². The monoisotopic (exact) mass is 220 g/mol. The Balaban J connectivity index is 2.74. The quantitative estimate of drug-likeness (QED) is 0.762. The van der Waals surface area contributed by atoms with Crippen LogP contribution in [0, 0.1) is 5.82 Å². The molecule has 1 aromatic heterocycles. The van der Waals surface area contributed by atoms with Gasteiger partial charge in [-0.1, -0.05) is 13.3 Å². The maximum absolute atomic E-state index is 13.5. The van der Waals surface area contributed by atoms with Crippen molar-refractivity contribution >= 4 is 16.6 Å². The van der Waals surface area contributed by atoms with Gasteiger partial charge in [-0.25, -0.2) is 4.39 Å². The predicted octanol–water partition coefficient (Wildman–Crippen LogP) is 2.20. The number of hydrogen-bond acceptors (Lipinski definition) is 2. The Morgan fingerprint density at radius 3 is 2.81 bits per heavy atom. The van der Waals surface area contributed by atoms with Crippen molar-refractivity contribution in [3.63, 3.8) is 0 Å². The zero-order chi connectivity index (χ0) is 11.7. The average Bonchev–Trinajstić information content (AvgIpc) is 2.21. The summed E-state index contributed by atoms with van der Waals surface area (Å²) in [5, 5.41) is 0.639. The first-order chi connectivity index (χ1) is 7.61. The molecule has 0 saturated heterocycles. The molecule has 3 nitrogen and oxygen atoms in total. The zero-order valence-electron chi connectivity index (χ0n) is 9.01. The van der Waals surface area contributed by atoms with Gasteiger partial charge in [0, 0.05) is 16.6 Å². The number of pyridine rings is 1. The summed E-state index contributed by atoms with van der Waals surface area (Å²) in [4.78, 5) is 14.2. The van der Waals surface area contributed by atoms with Crippen molar-refractivity contribution in [2.75, 3.05) is 5.73 Å². The summed E-state index contributed by atoms with van der Waals surface area (Å²) >= 11 is 0. The molecule has 0 aliphatic carbocycles. The van der Waals surface area contributed by atoms with Crippen molar-refractivity contribution in [3.8, 4) is 0 Å². The summed E-state index contributed by atoms with van der Waals surface area (Å²) in [6.45, 7) is 1.99. The van der Waals surface area contributed by atoms with Gasteiger partial charge < -0.3 is 10.7 Å². The molecule has 4 heteroatoms. The molecule has 2 rings (SSSR count). The Labute approximate surface area is 92.1 Å². The summed E-state index contributed by atoms with van der Waals surface area (Å²) in [6.07, 6.45) is 1.56. The molecule has 0 radical (unpaired) electrons. The number of nitrogens with one attached hydrogen (secondary N) is 1. The lowest BCUT2D eigenvalue weighted by molar-refractivity contribution is 0.637. The first-order valence-electron chi connectivity index (χ1n) is 5.22. The first-order valence-corrected chi connectivity index (χ1v) is 5.22. The van der Waals surface area contributed by atoms with Gasteiger partial charge in [-0.2, -0.15) is 0 Å². The molecule has 2 aromatic rings. The van der Waals surface area contributed by atoms with E-state index in [1.54, 1.807) is 12.1 Å². The third kappa shape index (κ3) is 1.78. The average molecular weight is 220 g/mol. The van der Waals surface area contributed by atoms with E-state index in [1.807, 2.05) is 6.92 Å². The minimum Gasteiger partial charge on any atom is -0.399 e. The van der Waals surface area contributed by atoms with Crippen LogP contribution in [0.15, 0.2) is 23.0 Å². The number of nitrogen functional groups attached to an aromatic ring is 1. The van der Waals surface area contributed by atoms with Gasteiger partial charge in [0.2, 0.25) is 0 Å². The van der Waals surface area contributed by atoms with E-state index in [0.29, 0.717) is 23.1 Å². The number of aromatic amines is 1. The Morgan fingerprint density at radius 1 is 1.38 bits per heavy atom. The Kier molecular flexibility index (Phi) is 2.64. The standard InChI is InChI=1S/C12H13FN2O/c1-2-3-7-4-8-5-9(14)6-10(13)11(8)15-12(7)16/h4-6H,2-3,14H2,1H3,(H,15,16). The highest BCUT2D eigenvalue weighted by molar-refractivity contribution is 5.82. The molecule has 0 saturated carbocycles. The number of aryl methyl sites for hydroxylation is 1. The molecule has 0 amide bonds. The molecular weight excluding hydrogens is 207 g/mol. The fraction of sp³-hybridized carbons (Fsp3) is 0.250. The van der Waals surface area contributed by atoms with Gasteiger partial charge in [-0.3, -0.25) is 4.79 Å². The lowest BCUT2D eigenvalue weighted by atomic mass is 10.1. The van der Waals surface area contributed by atoms with Crippen LogP contribution in [0.25, 0.3) is 10.9 Å². The minimum atomic E-state index is -0.491. The number of nitrogens with two attached hydrogens (primary N) is 1. The fourth-order valence-electron chi connectivity index (χ4n) is 1.80. The van der Waals surface area contributed by atoms with Crippen LogP contribution in [-0.4, -0.2) is 4.98 Å². The number of rotatable bonds is 2. The van der Waals surface area contributed by atoms with Crippen LogP contribution in [0.1, 0.15) is 18.9 Å². The highest BCUT2D eigenvalue weighted by atomic mass is 19.1. The molecule has 84 valence electrons. The van der Waals surface area contributed by atoms with Crippen LogP contribution in [0.4, 0.5) is 10.1 Å². The van der Waals surface area contributed by atoms with E-state index in [2.05, 4.69) is 4.98 Å². The Bertz CT molecular complexity index is 589. The first kappa shape index (κ1) is 10.7. The predicted molar refractivity (Wildman–Crippen MR) is 62.9 cm³/mol. The number of fused-ring (bicyclic) bond motifs is 1. The molecule has 0 bridgehead atoms. The third-order valence-electron chi connectivity index (χ3n) is 2.52. The topological polar surface area (TPSA) is 58.9 Å². The van der Waals surface area contributed by atoms with Gasteiger partial charge in [-0.05, 0) is 24.6 Å². The summed E-state index contributed by atoms with van der Waals surface area (Å²) in [7, 11) is 0. The van der Waals surface area contributed by atoms with Crippen molar-refractivity contribution in [2.24, 2.45) is 0 Å². The van der Waals surface area contributed by atoms with Crippen LogP contribution >= 0.6 is 0 Å². The summed E-state index contributed by atoms with van der Waals surface area (Å²) in [5.74, 6) is -0.491. The maximum atomic E-state index is 13.5. The van der Waals surface area contributed by atoms with Crippen molar-refractivity contribution in [3.05, 3.63) is 39.9 Å². The van der Waals surface area contributed by atoms with Crippen molar-refractivity contribution < 1.29 is 4.39 Å². The third-order valence-corrected chi connectivity index (χ3v) is 2.52. The van der Waals surface area contributed by atoms with E-state index in [0.717, 1.165) is 6.42 Å². The van der Waals surface area contributed by atoms with Gasteiger partial charge in [0.25, 0.3) is 5.56 Å². The second kappa shape index (κ2) is 3.96. The number of hydrogen-bond donors (Lipinski definition) is 2. The largest absolute Gasteiger partial charge is 0.399 e. The van der Waals surface area contributed by atoms with E-state index in [-0.39, 0.29) is 11.1 Å². The molecule has 0 aliphatic rings. The highest BCUT2D eigenvalue weighted by Gasteiger charge is 2.06. The highest BCUT2D eigenvalue weighted by Crippen LogP contribution is 2.19. The van der Waals surface area contributed by atoms with Gasteiger partial charge in [0.05, 0.1) is 5.52 Å². The van der Waals surface area contributed by atoms with Crippen LogP contribution in [-0.2, 0) is 6.42 Å². The molecule has 1 heterocycles. The number of anilines is 1. The molecule has 0 spiro atoms. The van der Waals surface area contributed by atoms with Crippen molar-refractivity contribution in [2.45, 2.75) is 19.8 Å². The summed E-state index contributed by atoms with van der Waals surface area (Å²) in [6, 6.07) is 4.57. The molecule has 0 atom stereocenters. The maximum Gasteiger partial charge on any atom is 0.251 e. The lowest BCUT2D eigenvalue weighted by Crippen LogP contribution is -2.12. The zero-order valence-corrected chi connectivity index (χ0v) is 9.01. The van der Waals surface area contributed by atoms with E-state index < -0.39 is 5.82 Å². The molecule has 1 aromatic carbocycles. The second-order valence-electron chi connectivity index (χ2n) is 3.84. The number of H-pyrrole nitrogens is 1. The van der Waals surface area contributed by atoms with E-state index >= 15 is 0 Å². The Hall–Kier alpha value is -1.84. The number of aromatic nitrogens is 1.